The predicted octanol–water partition coefficient (Wildman–Crippen LogP) is 7.43. The lowest BCUT2D eigenvalue weighted by Gasteiger charge is -2.18. The molecule has 2 aliphatic heterocycles. The van der Waals surface area contributed by atoms with E-state index >= 15 is 0 Å². The van der Waals surface area contributed by atoms with Crippen molar-refractivity contribution >= 4 is 22.1 Å². The number of hydrogen-bond acceptors (Lipinski definition) is 4. The number of rotatable bonds is 7. The van der Waals surface area contributed by atoms with Crippen LogP contribution in [0.2, 0.25) is 0 Å². The van der Waals surface area contributed by atoms with Gasteiger partial charge in [0.15, 0.2) is 0 Å². The molecule has 3 aromatic carbocycles. The highest BCUT2D eigenvalue weighted by atomic mass is 19.1. The first-order valence-electron chi connectivity index (χ1n) is 13.3. The van der Waals surface area contributed by atoms with E-state index in [9.17, 15) is 8.78 Å². The molecule has 0 saturated carbocycles. The van der Waals surface area contributed by atoms with Gasteiger partial charge >= 0.3 is 0 Å². The summed E-state index contributed by atoms with van der Waals surface area (Å²) in [5, 5.41) is 1.02. The van der Waals surface area contributed by atoms with Crippen molar-refractivity contribution in [3.05, 3.63) is 95.0 Å². The van der Waals surface area contributed by atoms with Crippen molar-refractivity contribution in [3.63, 3.8) is 0 Å². The van der Waals surface area contributed by atoms with Crippen LogP contribution in [0.5, 0.6) is 11.5 Å². The van der Waals surface area contributed by atoms with Crippen molar-refractivity contribution in [1.82, 2.24) is 4.90 Å². The van der Waals surface area contributed by atoms with Crippen molar-refractivity contribution in [1.29, 1.82) is 0 Å². The third-order valence-corrected chi connectivity index (χ3v) is 7.53. The van der Waals surface area contributed by atoms with E-state index in [4.69, 9.17) is 13.9 Å². The lowest BCUT2D eigenvalue weighted by molar-refractivity contribution is 0.198. The molecule has 0 aliphatic carbocycles. The Labute approximate surface area is 221 Å². The molecule has 0 amide bonds. The molecule has 0 spiro atoms. The normalized spacial score (nSPS) is 17.9. The molecule has 3 heterocycles. The lowest BCUT2D eigenvalue weighted by Crippen LogP contribution is -2.26. The summed E-state index contributed by atoms with van der Waals surface area (Å²) in [5.41, 5.74) is 6.25. The molecule has 0 unspecified atom stereocenters. The van der Waals surface area contributed by atoms with Crippen LogP contribution in [0.25, 0.3) is 22.1 Å². The van der Waals surface area contributed by atoms with Gasteiger partial charge in [-0.1, -0.05) is 18.2 Å². The third kappa shape index (κ3) is 4.93. The molecule has 0 radical (unpaired) electrons. The standard InChI is InChI=1S/C32H31F2NO3/c1-21-17-31-28(19-29(21)34)32(27(11-16-37-31)23-5-8-30-24(18-23)10-15-36-30)22-3-6-25(7-4-22)38-26-9-14-35(20-26)13-2-12-33/h3-8,10,15,17-19,26H,2,9,11-14,16,20H2,1H3/t26-/m0/s1. The van der Waals surface area contributed by atoms with Crippen LogP contribution in [-0.2, 0) is 0 Å². The minimum absolute atomic E-state index is 0.0982. The molecule has 4 nitrogen and oxygen atoms in total. The number of benzene rings is 3. The van der Waals surface area contributed by atoms with Crippen LogP contribution in [0.15, 0.2) is 71.3 Å². The molecule has 1 atom stereocenters. The average Bonchev–Trinajstić information content (AvgIpc) is 3.54. The summed E-state index contributed by atoms with van der Waals surface area (Å²) >= 11 is 0. The number of aryl methyl sites for hydroxylation is 1. The first-order chi connectivity index (χ1) is 18.6. The summed E-state index contributed by atoms with van der Waals surface area (Å²) in [6, 6.07) is 19.6. The van der Waals surface area contributed by atoms with E-state index in [1.54, 1.807) is 25.3 Å². The van der Waals surface area contributed by atoms with Crippen LogP contribution in [-0.4, -0.2) is 43.9 Å². The van der Waals surface area contributed by atoms with E-state index in [-0.39, 0.29) is 18.6 Å². The van der Waals surface area contributed by atoms with Crippen molar-refractivity contribution in [2.75, 3.05) is 32.9 Å². The van der Waals surface area contributed by atoms with Gasteiger partial charge < -0.3 is 13.9 Å². The SMILES string of the molecule is Cc1cc2c(cc1F)C(c1ccc(O[C@H]3CCN(CCCF)C3)cc1)=C(c1ccc3occc3c1)CCO2. The average molecular weight is 516 g/mol. The zero-order valence-corrected chi connectivity index (χ0v) is 21.5. The molecular formula is C32H31F2NO3. The molecule has 1 fully saturated rings. The molecule has 2 aliphatic rings. The Morgan fingerprint density at radius 2 is 1.87 bits per heavy atom. The van der Waals surface area contributed by atoms with E-state index < -0.39 is 0 Å². The van der Waals surface area contributed by atoms with Crippen LogP contribution in [0.3, 0.4) is 0 Å². The highest BCUT2D eigenvalue weighted by molar-refractivity contribution is 6.01. The maximum atomic E-state index is 14.9. The van der Waals surface area contributed by atoms with Gasteiger partial charge in [0, 0.05) is 37.0 Å². The highest BCUT2D eigenvalue weighted by Crippen LogP contribution is 2.42. The molecule has 0 N–H and O–H groups in total. The minimum Gasteiger partial charge on any atom is -0.493 e. The zero-order valence-electron chi connectivity index (χ0n) is 21.5. The fourth-order valence-electron chi connectivity index (χ4n) is 5.57. The number of alkyl halides is 1. The molecule has 1 saturated heterocycles. The Hall–Kier alpha value is -3.64. The summed E-state index contributed by atoms with van der Waals surface area (Å²) < 4.78 is 45.4. The number of hydrogen-bond donors (Lipinski definition) is 0. The number of likely N-dealkylation sites (tertiary alicyclic amines) is 1. The van der Waals surface area contributed by atoms with E-state index in [2.05, 4.69) is 17.0 Å². The van der Waals surface area contributed by atoms with Gasteiger partial charge in [-0.25, -0.2) is 4.39 Å². The zero-order chi connectivity index (χ0) is 26.1. The van der Waals surface area contributed by atoms with Crippen LogP contribution < -0.4 is 9.47 Å². The summed E-state index contributed by atoms with van der Waals surface area (Å²) in [6.45, 7) is 4.50. The maximum Gasteiger partial charge on any atom is 0.133 e. The number of fused-ring (bicyclic) bond motifs is 2. The molecule has 6 rings (SSSR count). The van der Waals surface area contributed by atoms with Gasteiger partial charge in [-0.2, -0.15) is 0 Å². The highest BCUT2D eigenvalue weighted by Gasteiger charge is 2.25. The largest absolute Gasteiger partial charge is 0.493 e. The molecule has 38 heavy (non-hydrogen) atoms. The molecule has 196 valence electrons. The van der Waals surface area contributed by atoms with Crippen LogP contribution in [0, 0.1) is 12.7 Å². The van der Waals surface area contributed by atoms with Crippen molar-refractivity contribution in [2.45, 2.75) is 32.3 Å². The summed E-state index contributed by atoms with van der Waals surface area (Å²) in [7, 11) is 0. The van der Waals surface area contributed by atoms with Crippen LogP contribution in [0.4, 0.5) is 8.78 Å². The van der Waals surface area contributed by atoms with Gasteiger partial charge in [0.2, 0.25) is 0 Å². The van der Waals surface area contributed by atoms with Crippen molar-refractivity contribution < 1.29 is 22.7 Å². The Bertz CT molecular complexity index is 1470. The van der Waals surface area contributed by atoms with Gasteiger partial charge in [-0.3, -0.25) is 9.29 Å². The second-order valence-corrected chi connectivity index (χ2v) is 10.1. The van der Waals surface area contributed by atoms with E-state index in [1.165, 1.54) is 0 Å². The van der Waals surface area contributed by atoms with Gasteiger partial charge in [-0.05, 0) is 90.1 Å². The van der Waals surface area contributed by atoms with E-state index in [0.717, 1.165) is 70.6 Å². The molecule has 1 aromatic heterocycles. The van der Waals surface area contributed by atoms with Crippen LogP contribution in [0.1, 0.15) is 41.5 Å². The topological polar surface area (TPSA) is 34.8 Å². The molecule has 4 aromatic rings. The quantitative estimate of drug-likeness (QED) is 0.256. The summed E-state index contributed by atoms with van der Waals surface area (Å²) in [4.78, 5) is 2.26. The second-order valence-electron chi connectivity index (χ2n) is 10.1. The van der Waals surface area contributed by atoms with Crippen LogP contribution >= 0.6 is 0 Å². The van der Waals surface area contributed by atoms with E-state index in [1.807, 2.05) is 36.4 Å². The Kier molecular flexibility index (Phi) is 6.90. The molecule has 6 heteroatoms. The fourth-order valence-corrected chi connectivity index (χ4v) is 5.57. The fraction of sp³-hybridized carbons (Fsp3) is 0.312. The number of nitrogens with zero attached hydrogens (tertiary/aromatic N) is 1. The van der Waals surface area contributed by atoms with E-state index in [0.29, 0.717) is 30.8 Å². The maximum absolute atomic E-state index is 14.9. The van der Waals surface area contributed by atoms with Gasteiger partial charge in [0.1, 0.15) is 29.0 Å². The predicted molar refractivity (Wildman–Crippen MR) is 146 cm³/mol. The van der Waals surface area contributed by atoms with Crippen molar-refractivity contribution in [2.24, 2.45) is 0 Å². The Morgan fingerprint density at radius 3 is 2.71 bits per heavy atom. The minimum atomic E-state index is -0.283. The first-order valence-corrected chi connectivity index (χ1v) is 13.3. The van der Waals surface area contributed by atoms with Gasteiger partial charge in [0.05, 0.1) is 19.5 Å². The summed E-state index contributed by atoms with van der Waals surface area (Å²) in [6.07, 6.45) is 3.97. The number of halogens is 2. The molecular weight excluding hydrogens is 484 g/mol. The molecule has 0 bridgehead atoms. The number of furan rings is 1. The Balaban J connectivity index is 1.37. The van der Waals surface area contributed by atoms with Crippen molar-refractivity contribution in [3.8, 4) is 11.5 Å². The lowest BCUT2D eigenvalue weighted by atomic mass is 9.87. The monoisotopic (exact) mass is 515 g/mol. The number of ether oxygens (including phenoxy) is 2. The summed E-state index contributed by atoms with van der Waals surface area (Å²) in [5.74, 6) is 1.24. The Morgan fingerprint density at radius 1 is 1.03 bits per heavy atom. The van der Waals surface area contributed by atoms with Gasteiger partial charge in [-0.15, -0.1) is 0 Å². The first kappa shape index (κ1) is 24.7. The second kappa shape index (κ2) is 10.6. The van der Waals surface area contributed by atoms with Gasteiger partial charge in [0.25, 0.3) is 0 Å². The third-order valence-electron chi connectivity index (χ3n) is 7.53. The smallest absolute Gasteiger partial charge is 0.133 e.